The molecule has 0 atom stereocenters. The van der Waals surface area contributed by atoms with Gasteiger partial charge in [0.25, 0.3) is 23.6 Å². The van der Waals surface area contributed by atoms with Gasteiger partial charge in [-0.1, -0.05) is 89.0 Å². The number of anilines is 3. The van der Waals surface area contributed by atoms with E-state index >= 15 is 0 Å². The maximum Gasteiger partial charge on any atom is 0.261 e. The van der Waals surface area contributed by atoms with E-state index in [1.165, 1.54) is 54.7 Å². The number of nitrogens with zero attached hydrogens (tertiary/aromatic N) is 5. The van der Waals surface area contributed by atoms with Gasteiger partial charge in [0.05, 0.1) is 0 Å². The number of amides is 4. The zero-order chi connectivity index (χ0) is 36.8. The Kier molecular flexibility index (Phi) is 8.97. The first kappa shape index (κ1) is 34.2. The van der Waals surface area contributed by atoms with Crippen LogP contribution in [0.25, 0.3) is 43.1 Å². The fourth-order valence-electron chi connectivity index (χ4n) is 8.30. The number of rotatable bonds is 15. The summed E-state index contributed by atoms with van der Waals surface area (Å²) in [4.78, 5) is 69.9. The van der Waals surface area contributed by atoms with Crippen LogP contribution in [0, 0.1) is 0 Å². The number of hydrogen-bond acceptors (Lipinski definition) is 10. The standard InChI is InChI=1S/C41H42N8O4/c1-2-3-4-5-6-7-8-9-10-11-21-48-35(50)27-16-12-23-25-14-18-29-34-30(19-15-26(32(25)34)24-13-17-28(36(48)51)33(27)31(23)24)38(53)49(37(29)52)22-20-44-41-46-39(42)45-40(43)47-41/h12-19H,2-11,20-22H2,1H3,(H5,42,43,44,45,46,47). The maximum absolute atomic E-state index is 13.9. The smallest absolute Gasteiger partial charge is 0.261 e. The van der Waals surface area contributed by atoms with Gasteiger partial charge >= 0.3 is 0 Å². The molecule has 8 rings (SSSR count). The number of aromatic nitrogens is 3. The van der Waals surface area contributed by atoms with E-state index < -0.39 is 11.8 Å². The van der Waals surface area contributed by atoms with Gasteiger partial charge in [-0.05, 0) is 63.0 Å². The third kappa shape index (κ3) is 5.82. The van der Waals surface area contributed by atoms with Crippen LogP contribution in [0.1, 0.15) is 113 Å². The number of nitrogen functional groups attached to an aromatic ring is 2. The van der Waals surface area contributed by atoms with Crippen LogP contribution < -0.4 is 16.8 Å². The molecule has 4 amide bonds. The molecule has 0 unspecified atom stereocenters. The third-order valence-electron chi connectivity index (χ3n) is 10.8. The highest BCUT2D eigenvalue weighted by Crippen LogP contribution is 2.46. The van der Waals surface area contributed by atoms with Gasteiger partial charge in [-0.2, -0.15) is 15.0 Å². The van der Waals surface area contributed by atoms with Gasteiger partial charge in [0, 0.05) is 52.7 Å². The zero-order valence-electron chi connectivity index (χ0n) is 29.8. The summed E-state index contributed by atoms with van der Waals surface area (Å²) in [5, 5.41) is 9.31. The molecule has 5 N–H and O–H groups in total. The maximum atomic E-state index is 13.9. The lowest BCUT2D eigenvalue weighted by molar-refractivity contribution is 0.0596. The van der Waals surface area contributed by atoms with Crippen molar-refractivity contribution in [2.45, 2.75) is 71.1 Å². The molecule has 0 radical (unpaired) electrons. The molecule has 12 nitrogen and oxygen atoms in total. The number of benzene rings is 5. The average Bonchev–Trinajstić information content (AvgIpc) is 3.15. The van der Waals surface area contributed by atoms with Crippen molar-refractivity contribution >= 4 is 84.6 Å². The molecular weight excluding hydrogens is 669 g/mol. The molecule has 0 saturated carbocycles. The summed E-state index contributed by atoms with van der Waals surface area (Å²) in [7, 11) is 0. The number of carbonyl (C=O) groups is 4. The molecule has 2 aliphatic rings. The minimum atomic E-state index is -0.405. The van der Waals surface area contributed by atoms with Crippen LogP contribution in [0.3, 0.4) is 0 Å². The predicted octanol–water partition coefficient (Wildman–Crippen LogP) is 7.31. The SMILES string of the molecule is CCCCCCCCCCCCN1C(=O)c2ccc3c4ccc5c6c(ccc(c7ccc(c2c37)C1=O)c64)C(=O)N(CCNc1nc(N)nc(N)n1)C5=O. The van der Waals surface area contributed by atoms with E-state index in [-0.39, 0.29) is 42.7 Å². The molecule has 0 aliphatic carbocycles. The van der Waals surface area contributed by atoms with Crippen molar-refractivity contribution in [1.29, 1.82) is 0 Å². The highest BCUT2D eigenvalue weighted by molar-refractivity contribution is 6.41. The van der Waals surface area contributed by atoms with E-state index in [9.17, 15) is 19.2 Å². The van der Waals surface area contributed by atoms with Gasteiger partial charge in [-0.15, -0.1) is 0 Å². The molecule has 53 heavy (non-hydrogen) atoms. The number of nitrogens with one attached hydrogen (secondary N) is 1. The summed E-state index contributed by atoms with van der Waals surface area (Å²) in [6.07, 6.45) is 11.8. The van der Waals surface area contributed by atoms with Gasteiger partial charge in [-0.25, -0.2) is 0 Å². The first-order valence-electron chi connectivity index (χ1n) is 18.7. The van der Waals surface area contributed by atoms with Crippen molar-refractivity contribution in [3.05, 3.63) is 70.8 Å². The molecule has 12 heteroatoms. The Balaban J connectivity index is 1.06. The summed E-state index contributed by atoms with van der Waals surface area (Å²) in [5.74, 6) is -1.26. The van der Waals surface area contributed by atoms with Gasteiger partial charge in [-0.3, -0.25) is 29.0 Å². The Bertz CT molecular complexity index is 2320. The van der Waals surface area contributed by atoms with E-state index in [1.807, 2.05) is 36.4 Å². The Morgan fingerprint density at radius 3 is 1.28 bits per heavy atom. The predicted molar refractivity (Wildman–Crippen MR) is 207 cm³/mol. The van der Waals surface area contributed by atoms with Crippen molar-refractivity contribution in [1.82, 2.24) is 24.8 Å². The molecule has 0 fully saturated rings. The number of fused-ring (bicyclic) bond motifs is 2. The monoisotopic (exact) mass is 710 g/mol. The molecule has 0 saturated heterocycles. The summed E-state index contributed by atoms with van der Waals surface area (Å²) >= 11 is 0. The van der Waals surface area contributed by atoms with E-state index in [0.717, 1.165) is 51.6 Å². The highest BCUT2D eigenvalue weighted by atomic mass is 16.2. The van der Waals surface area contributed by atoms with Crippen molar-refractivity contribution in [2.75, 3.05) is 36.4 Å². The summed E-state index contributed by atoms with van der Waals surface area (Å²) < 4.78 is 0. The molecule has 5 aromatic carbocycles. The van der Waals surface area contributed by atoms with E-state index in [0.29, 0.717) is 39.6 Å². The number of nitrogens with two attached hydrogens (primary N) is 2. The zero-order valence-corrected chi connectivity index (χ0v) is 29.8. The number of hydrogen-bond donors (Lipinski definition) is 3. The summed E-state index contributed by atoms with van der Waals surface area (Å²) in [5.41, 5.74) is 13.2. The Hall–Kier alpha value is -5.91. The normalized spacial score (nSPS) is 14.2. The van der Waals surface area contributed by atoms with Crippen LogP contribution in [-0.2, 0) is 0 Å². The first-order valence-corrected chi connectivity index (χ1v) is 18.7. The molecule has 6 aromatic rings. The van der Waals surface area contributed by atoms with E-state index in [1.54, 1.807) is 12.1 Å². The van der Waals surface area contributed by atoms with Crippen LogP contribution in [0.15, 0.2) is 48.5 Å². The molecule has 2 aliphatic heterocycles. The fourth-order valence-corrected chi connectivity index (χ4v) is 8.30. The summed E-state index contributed by atoms with van der Waals surface area (Å²) in [6.45, 7) is 2.86. The number of unbranched alkanes of at least 4 members (excludes halogenated alkanes) is 9. The van der Waals surface area contributed by atoms with Gasteiger partial charge < -0.3 is 16.8 Å². The van der Waals surface area contributed by atoms with Crippen molar-refractivity contribution in [2.24, 2.45) is 0 Å². The molecule has 270 valence electrons. The highest BCUT2D eigenvalue weighted by Gasteiger charge is 2.36. The number of imide groups is 2. The minimum absolute atomic E-state index is 0.0413. The van der Waals surface area contributed by atoms with Crippen LogP contribution in [0.2, 0.25) is 0 Å². The second-order valence-corrected chi connectivity index (χ2v) is 14.2. The average molecular weight is 711 g/mol. The van der Waals surface area contributed by atoms with Crippen LogP contribution in [-0.4, -0.2) is 68.0 Å². The molecule has 0 bridgehead atoms. The largest absolute Gasteiger partial charge is 0.368 e. The molecule has 3 heterocycles. The Labute approximate surface area is 306 Å². The number of carbonyl (C=O) groups excluding carboxylic acids is 4. The van der Waals surface area contributed by atoms with Gasteiger partial charge in [0.15, 0.2) is 0 Å². The van der Waals surface area contributed by atoms with E-state index in [2.05, 4.69) is 27.2 Å². The van der Waals surface area contributed by atoms with Crippen molar-refractivity contribution in [3.63, 3.8) is 0 Å². The Morgan fingerprint density at radius 2 is 0.868 bits per heavy atom. The molecule has 1 aromatic heterocycles. The van der Waals surface area contributed by atoms with Crippen LogP contribution in [0.4, 0.5) is 17.8 Å². The lowest BCUT2D eigenvalue weighted by atomic mass is 9.82. The summed E-state index contributed by atoms with van der Waals surface area (Å²) in [6, 6.07) is 14.9. The molecule has 0 spiro atoms. The fraction of sp³-hybridized carbons (Fsp3) is 0.341. The second kappa shape index (κ2) is 13.9. The van der Waals surface area contributed by atoms with Crippen LogP contribution in [0.5, 0.6) is 0 Å². The lowest BCUT2D eigenvalue weighted by Gasteiger charge is -2.30. The van der Waals surface area contributed by atoms with Crippen molar-refractivity contribution in [3.8, 4) is 0 Å². The lowest BCUT2D eigenvalue weighted by Crippen LogP contribution is -2.43. The van der Waals surface area contributed by atoms with Crippen LogP contribution >= 0.6 is 0 Å². The molecular formula is C41H42N8O4. The minimum Gasteiger partial charge on any atom is -0.368 e. The van der Waals surface area contributed by atoms with Crippen molar-refractivity contribution < 1.29 is 19.2 Å². The Morgan fingerprint density at radius 1 is 0.491 bits per heavy atom. The third-order valence-corrected chi connectivity index (χ3v) is 10.8. The van der Waals surface area contributed by atoms with Gasteiger partial charge in [0.2, 0.25) is 17.8 Å². The first-order chi connectivity index (χ1) is 25.8. The van der Waals surface area contributed by atoms with E-state index in [4.69, 9.17) is 11.5 Å². The quantitative estimate of drug-likeness (QED) is 0.0424. The van der Waals surface area contributed by atoms with Gasteiger partial charge in [0.1, 0.15) is 0 Å². The second-order valence-electron chi connectivity index (χ2n) is 14.2. The topological polar surface area (TPSA) is 178 Å².